The number of carbonyl (C=O) groups excluding carboxylic acids is 1. The van der Waals surface area contributed by atoms with Crippen molar-refractivity contribution in [2.45, 2.75) is 6.92 Å². The standard InChI is InChI=1S/C16H14FN3O/c1-10-18-14-9-11(7-8-15(14)20(10)2)19-16(21)12-5-3-4-6-13(12)17/h3-9H,1-2H3,(H,19,21). The van der Waals surface area contributed by atoms with E-state index < -0.39 is 11.7 Å². The molecule has 1 N–H and O–H groups in total. The minimum atomic E-state index is -0.537. The van der Waals surface area contributed by atoms with E-state index in [9.17, 15) is 9.18 Å². The van der Waals surface area contributed by atoms with Crippen molar-refractivity contribution < 1.29 is 9.18 Å². The van der Waals surface area contributed by atoms with Crippen LogP contribution in [0.5, 0.6) is 0 Å². The predicted octanol–water partition coefficient (Wildman–Crippen LogP) is 3.27. The highest BCUT2D eigenvalue weighted by atomic mass is 19.1. The minimum Gasteiger partial charge on any atom is -0.331 e. The van der Waals surface area contributed by atoms with Gasteiger partial charge in [-0.15, -0.1) is 0 Å². The summed E-state index contributed by atoms with van der Waals surface area (Å²) in [6.45, 7) is 1.91. The Balaban J connectivity index is 1.91. The Morgan fingerprint density at radius 3 is 2.76 bits per heavy atom. The van der Waals surface area contributed by atoms with Gasteiger partial charge >= 0.3 is 0 Å². The van der Waals surface area contributed by atoms with E-state index >= 15 is 0 Å². The zero-order valence-corrected chi connectivity index (χ0v) is 11.7. The van der Waals surface area contributed by atoms with Crippen LogP contribution in [0.3, 0.4) is 0 Å². The molecule has 0 saturated heterocycles. The van der Waals surface area contributed by atoms with Gasteiger partial charge in [0.1, 0.15) is 11.6 Å². The highest BCUT2D eigenvalue weighted by Crippen LogP contribution is 2.20. The third kappa shape index (κ3) is 2.38. The number of aryl methyl sites for hydroxylation is 2. The van der Waals surface area contributed by atoms with E-state index in [1.54, 1.807) is 24.3 Å². The Hall–Kier alpha value is -2.69. The first kappa shape index (κ1) is 13.3. The maximum Gasteiger partial charge on any atom is 0.258 e. The summed E-state index contributed by atoms with van der Waals surface area (Å²) < 4.78 is 15.5. The first-order chi connectivity index (χ1) is 10.1. The van der Waals surface area contributed by atoms with E-state index in [1.807, 2.05) is 24.6 Å². The van der Waals surface area contributed by atoms with E-state index in [0.717, 1.165) is 16.9 Å². The minimum absolute atomic E-state index is 0.0230. The number of hydrogen-bond acceptors (Lipinski definition) is 2. The van der Waals surface area contributed by atoms with Crippen LogP contribution in [0.4, 0.5) is 10.1 Å². The summed E-state index contributed by atoms with van der Waals surface area (Å²) in [4.78, 5) is 16.5. The number of rotatable bonds is 2. The van der Waals surface area contributed by atoms with Gasteiger partial charge in [0.25, 0.3) is 5.91 Å². The molecule has 0 aliphatic carbocycles. The van der Waals surface area contributed by atoms with Gasteiger partial charge in [0.2, 0.25) is 0 Å². The molecule has 106 valence electrons. The monoisotopic (exact) mass is 283 g/mol. The molecule has 0 fully saturated rings. The molecule has 5 heteroatoms. The van der Waals surface area contributed by atoms with Gasteiger partial charge < -0.3 is 9.88 Å². The highest BCUT2D eigenvalue weighted by molar-refractivity contribution is 6.05. The van der Waals surface area contributed by atoms with E-state index in [4.69, 9.17) is 0 Å². The van der Waals surface area contributed by atoms with Gasteiger partial charge in [0.05, 0.1) is 16.6 Å². The Kier molecular flexibility index (Phi) is 3.17. The summed E-state index contributed by atoms with van der Waals surface area (Å²) in [5, 5.41) is 2.69. The van der Waals surface area contributed by atoms with E-state index in [1.165, 1.54) is 12.1 Å². The Bertz CT molecular complexity index is 839. The molecule has 1 aromatic heterocycles. The normalized spacial score (nSPS) is 10.8. The summed E-state index contributed by atoms with van der Waals surface area (Å²) in [7, 11) is 1.93. The molecule has 0 radical (unpaired) electrons. The lowest BCUT2D eigenvalue weighted by molar-refractivity contribution is 0.102. The quantitative estimate of drug-likeness (QED) is 0.784. The number of hydrogen-bond donors (Lipinski definition) is 1. The van der Waals surface area contributed by atoms with Crippen LogP contribution in [0.2, 0.25) is 0 Å². The average molecular weight is 283 g/mol. The van der Waals surface area contributed by atoms with Crippen LogP contribution in [0.25, 0.3) is 11.0 Å². The molecule has 2 aromatic carbocycles. The Morgan fingerprint density at radius 2 is 2.00 bits per heavy atom. The van der Waals surface area contributed by atoms with Gasteiger partial charge in [-0.3, -0.25) is 4.79 Å². The van der Waals surface area contributed by atoms with Crippen LogP contribution in [0.1, 0.15) is 16.2 Å². The Labute approximate surface area is 121 Å². The summed E-state index contributed by atoms with van der Waals surface area (Å²) in [6, 6.07) is 11.3. The smallest absolute Gasteiger partial charge is 0.258 e. The van der Waals surface area contributed by atoms with Crippen LogP contribution in [0.15, 0.2) is 42.5 Å². The van der Waals surface area contributed by atoms with Gasteiger partial charge in [0.15, 0.2) is 0 Å². The van der Waals surface area contributed by atoms with E-state index in [-0.39, 0.29) is 5.56 Å². The van der Waals surface area contributed by atoms with Crippen LogP contribution in [-0.4, -0.2) is 15.5 Å². The van der Waals surface area contributed by atoms with Gasteiger partial charge in [-0.1, -0.05) is 12.1 Å². The summed E-state index contributed by atoms with van der Waals surface area (Å²) in [5.74, 6) is -0.118. The SMILES string of the molecule is Cc1nc2cc(NC(=O)c3ccccc3F)ccc2n1C. The zero-order chi connectivity index (χ0) is 15.0. The highest BCUT2D eigenvalue weighted by Gasteiger charge is 2.12. The maximum atomic E-state index is 13.6. The fourth-order valence-corrected chi connectivity index (χ4v) is 2.24. The molecular weight excluding hydrogens is 269 g/mol. The van der Waals surface area contributed by atoms with Gasteiger partial charge in [-0.2, -0.15) is 0 Å². The lowest BCUT2D eigenvalue weighted by atomic mass is 10.2. The molecule has 3 aromatic rings. The van der Waals surface area contributed by atoms with Crippen LogP contribution >= 0.6 is 0 Å². The van der Waals surface area contributed by atoms with Gasteiger partial charge in [-0.05, 0) is 37.3 Å². The van der Waals surface area contributed by atoms with E-state index in [2.05, 4.69) is 10.3 Å². The Morgan fingerprint density at radius 1 is 1.24 bits per heavy atom. The van der Waals surface area contributed by atoms with Gasteiger partial charge in [0, 0.05) is 12.7 Å². The number of nitrogens with one attached hydrogen (secondary N) is 1. The molecule has 21 heavy (non-hydrogen) atoms. The average Bonchev–Trinajstić information content (AvgIpc) is 2.74. The molecule has 1 heterocycles. The molecule has 0 atom stereocenters. The number of carbonyl (C=O) groups is 1. The van der Waals surface area contributed by atoms with Crippen molar-refractivity contribution in [3.8, 4) is 0 Å². The van der Waals surface area contributed by atoms with Crippen molar-refractivity contribution in [1.82, 2.24) is 9.55 Å². The number of fused-ring (bicyclic) bond motifs is 1. The molecule has 0 saturated carbocycles. The van der Waals surface area contributed by atoms with Crippen molar-refractivity contribution in [2.24, 2.45) is 7.05 Å². The first-order valence-corrected chi connectivity index (χ1v) is 6.55. The van der Waals surface area contributed by atoms with E-state index in [0.29, 0.717) is 5.69 Å². The first-order valence-electron chi connectivity index (χ1n) is 6.55. The lowest BCUT2D eigenvalue weighted by Gasteiger charge is -2.06. The number of aromatic nitrogens is 2. The summed E-state index contributed by atoms with van der Waals surface area (Å²) >= 11 is 0. The van der Waals surface area contributed by atoms with Crippen molar-refractivity contribution in [3.05, 3.63) is 59.7 Å². The van der Waals surface area contributed by atoms with Crippen molar-refractivity contribution in [3.63, 3.8) is 0 Å². The molecule has 4 nitrogen and oxygen atoms in total. The molecule has 3 rings (SSSR count). The van der Waals surface area contributed by atoms with Crippen molar-refractivity contribution >= 4 is 22.6 Å². The second-order valence-electron chi connectivity index (χ2n) is 4.86. The van der Waals surface area contributed by atoms with Gasteiger partial charge in [-0.25, -0.2) is 9.37 Å². The fourth-order valence-electron chi connectivity index (χ4n) is 2.24. The third-order valence-corrected chi connectivity index (χ3v) is 3.48. The van der Waals surface area contributed by atoms with Crippen LogP contribution in [-0.2, 0) is 7.05 Å². The number of anilines is 1. The third-order valence-electron chi connectivity index (χ3n) is 3.48. The van der Waals surface area contributed by atoms with Crippen LogP contribution < -0.4 is 5.32 Å². The number of imidazole rings is 1. The lowest BCUT2D eigenvalue weighted by Crippen LogP contribution is -2.13. The van der Waals surface area contributed by atoms with Crippen LogP contribution in [0, 0.1) is 12.7 Å². The number of amides is 1. The molecule has 0 bridgehead atoms. The molecule has 0 aliphatic heterocycles. The number of benzene rings is 2. The van der Waals surface area contributed by atoms with Crippen molar-refractivity contribution in [2.75, 3.05) is 5.32 Å². The largest absolute Gasteiger partial charge is 0.331 e. The fraction of sp³-hybridized carbons (Fsp3) is 0.125. The summed E-state index contributed by atoms with van der Waals surface area (Å²) in [5.41, 5.74) is 2.39. The zero-order valence-electron chi connectivity index (χ0n) is 11.7. The van der Waals surface area contributed by atoms with Crippen molar-refractivity contribution in [1.29, 1.82) is 0 Å². The molecule has 0 unspecified atom stereocenters. The molecule has 0 aliphatic rings. The second kappa shape index (κ2) is 5.01. The number of halogens is 1. The topological polar surface area (TPSA) is 46.9 Å². The molecular formula is C16H14FN3O. The number of nitrogens with zero attached hydrogens (tertiary/aromatic N) is 2. The second-order valence-corrected chi connectivity index (χ2v) is 4.86. The summed E-state index contributed by atoms with van der Waals surface area (Å²) in [6.07, 6.45) is 0. The predicted molar refractivity (Wildman–Crippen MR) is 79.8 cm³/mol. The maximum absolute atomic E-state index is 13.6. The molecule has 1 amide bonds. The molecule has 0 spiro atoms.